The third kappa shape index (κ3) is 7.06. The fraction of sp³-hybridized carbons (Fsp3) is 0.267. The summed E-state index contributed by atoms with van der Waals surface area (Å²) >= 11 is 0. The summed E-state index contributed by atoms with van der Waals surface area (Å²) in [7, 11) is 2.11. The molecule has 1 heterocycles. The largest absolute Gasteiger partial charge is 0.355 e. The van der Waals surface area contributed by atoms with Crippen molar-refractivity contribution in [1.82, 2.24) is 9.80 Å². The maximum atomic E-state index is 12.5. The molecule has 0 spiro atoms. The first-order valence-corrected chi connectivity index (χ1v) is 12.6. The lowest BCUT2D eigenvalue weighted by Gasteiger charge is -2.31. The van der Waals surface area contributed by atoms with Crippen LogP contribution in [0.25, 0.3) is 11.3 Å². The van der Waals surface area contributed by atoms with Crippen molar-refractivity contribution in [3.8, 4) is 0 Å². The highest BCUT2D eigenvalue weighted by Crippen LogP contribution is 2.32. The predicted octanol–water partition coefficient (Wildman–Crippen LogP) is 4.75. The van der Waals surface area contributed by atoms with Crippen molar-refractivity contribution in [1.29, 1.82) is 0 Å². The SMILES string of the molecule is C/C(=C(\Nc1ccc(NC(=O)CN2CCN(C)CC2)cc1)c1ccccc1)c1ccc(C)cc1NC=O. The van der Waals surface area contributed by atoms with Crippen LogP contribution in [0.1, 0.15) is 23.6 Å². The number of rotatable bonds is 9. The van der Waals surface area contributed by atoms with Crippen LogP contribution in [-0.4, -0.2) is 61.9 Å². The summed E-state index contributed by atoms with van der Waals surface area (Å²) in [4.78, 5) is 28.3. The van der Waals surface area contributed by atoms with Crippen molar-refractivity contribution in [2.24, 2.45) is 0 Å². The molecule has 0 unspecified atom stereocenters. The molecule has 3 aromatic carbocycles. The summed E-state index contributed by atoms with van der Waals surface area (Å²) in [6.45, 7) is 8.24. The van der Waals surface area contributed by atoms with Crippen LogP contribution in [0.3, 0.4) is 0 Å². The molecule has 1 aliphatic rings. The number of carbonyl (C=O) groups excluding carboxylic acids is 2. The Morgan fingerprint density at radius 2 is 1.54 bits per heavy atom. The van der Waals surface area contributed by atoms with Crippen molar-refractivity contribution in [3.63, 3.8) is 0 Å². The van der Waals surface area contributed by atoms with Gasteiger partial charge in [0, 0.05) is 54.5 Å². The van der Waals surface area contributed by atoms with Crippen LogP contribution in [0, 0.1) is 6.92 Å². The Bertz CT molecular complexity index is 1250. The molecular weight excluding hydrogens is 462 g/mol. The first-order chi connectivity index (χ1) is 17.9. The molecule has 192 valence electrons. The van der Waals surface area contributed by atoms with Crippen molar-refractivity contribution in [2.75, 3.05) is 55.7 Å². The Hall–Kier alpha value is -3.94. The van der Waals surface area contributed by atoms with Gasteiger partial charge in [0.1, 0.15) is 0 Å². The first-order valence-electron chi connectivity index (χ1n) is 12.6. The van der Waals surface area contributed by atoms with E-state index in [4.69, 9.17) is 0 Å². The second kappa shape index (κ2) is 12.3. The molecule has 3 aromatic rings. The van der Waals surface area contributed by atoms with Crippen LogP contribution >= 0.6 is 0 Å². The van der Waals surface area contributed by atoms with Crippen molar-refractivity contribution < 1.29 is 9.59 Å². The highest BCUT2D eigenvalue weighted by Gasteiger charge is 2.17. The van der Waals surface area contributed by atoms with Gasteiger partial charge >= 0.3 is 0 Å². The van der Waals surface area contributed by atoms with E-state index in [2.05, 4.69) is 44.9 Å². The minimum atomic E-state index is 0.000514. The number of aryl methyl sites for hydroxylation is 1. The van der Waals surface area contributed by atoms with Crippen LogP contribution in [0.5, 0.6) is 0 Å². The Kier molecular flexibility index (Phi) is 8.72. The highest BCUT2D eigenvalue weighted by molar-refractivity contribution is 5.99. The number of amides is 2. The molecule has 0 radical (unpaired) electrons. The number of benzene rings is 3. The zero-order valence-electron chi connectivity index (χ0n) is 21.8. The number of hydrogen-bond acceptors (Lipinski definition) is 5. The van der Waals surface area contributed by atoms with Gasteiger partial charge in [-0.05, 0) is 67.9 Å². The lowest BCUT2D eigenvalue weighted by atomic mass is 9.97. The lowest BCUT2D eigenvalue weighted by Crippen LogP contribution is -2.47. The minimum absolute atomic E-state index is 0.000514. The molecule has 37 heavy (non-hydrogen) atoms. The minimum Gasteiger partial charge on any atom is -0.355 e. The molecule has 0 atom stereocenters. The summed E-state index contributed by atoms with van der Waals surface area (Å²) in [6.07, 6.45) is 0.706. The fourth-order valence-electron chi connectivity index (χ4n) is 4.48. The smallest absolute Gasteiger partial charge is 0.238 e. The van der Waals surface area contributed by atoms with Gasteiger partial charge in [-0.2, -0.15) is 0 Å². The highest BCUT2D eigenvalue weighted by atomic mass is 16.2. The van der Waals surface area contributed by atoms with Gasteiger partial charge in [-0.1, -0.05) is 42.5 Å². The predicted molar refractivity (Wildman–Crippen MR) is 152 cm³/mol. The average molecular weight is 498 g/mol. The summed E-state index contributed by atoms with van der Waals surface area (Å²) in [5.41, 5.74) is 7.40. The second-order valence-electron chi connectivity index (χ2n) is 9.51. The van der Waals surface area contributed by atoms with E-state index in [-0.39, 0.29) is 5.91 Å². The maximum Gasteiger partial charge on any atom is 0.238 e. The van der Waals surface area contributed by atoms with Gasteiger partial charge < -0.3 is 20.9 Å². The van der Waals surface area contributed by atoms with E-state index in [0.29, 0.717) is 13.0 Å². The molecule has 0 bridgehead atoms. The molecule has 4 rings (SSSR count). The van der Waals surface area contributed by atoms with E-state index in [0.717, 1.165) is 71.2 Å². The van der Waals surface area contributed by atoms with Crippen LogP contribution in [0.2, 0.25) is 0 Å². The van der Waals surface area contributed by atoms with Gasteiger partial charge in [0.15, 0.2) is 0 Å². The van der Waals surface area contributed by atoms with Crippen molar-refractivity contribution >= 4 is 40.6 Å². The molecule has 1 saturated heterocycles. The zero-order chi connectivity index (χ0) is 26.2. The number of likely N-dealkylation sites (N-methyl/N-ethyl adjacent to an activating group) is 1. The summed E-state index contributed by atoms with van der Waals surface area (Å²) in [5.74, 6) is 0.000514. The summed E-state index contributed by atoms with van der Waals surface area (Å²) < 4.78 is 0. The van der Waals surface area contributed by atoms with E-state index in [1.165, 1.54) is 0 Å². The number of hydrogen-bond donors (Lipinski definition) is 3. The molecule has 0 aliphatic carbocycles. The van der Waals surface area contributed by atoms with Gasteiger partial charge in [-0.15, -0.1) is 0 Å². The molecular formula is C30H35N5O2. The second-order valence-corrected chi connectivity index (χ2v) is 9.51. The third-order valence-corrected chi connectivity index (χ3v) is 6.63. The fourth-order valence-corrected chi connectivity index (χ4v) is 4.48. The van der Waals surface area contributed by atoms with Crippen molar-refractivity contribution in [2.45, 2.75) is 13.8 Å². The number of carbonyl (C=O) groups is 2. The molecule has 1 aliphatic heterocycles. The van der Waals surface area contributed by atoms with Crippen LogP contribution < -0.4 is 16.0 Å². The van der Waals surface area contributed by atoms with Gasteiger partial charge in [0.25, 0.3) is 0 Å². The van der Waals surface area contributed by atoms with E-state index in [1.807, 2.05) is 74.5 Å². The van der Waals surface area contributed by atoms with Crippen molar-refractivity contribution in [3.05, 3.63) is 89.5 Å². The van der Waals surface area contributed by atoms with Gasteiger partial charge in [-0.3, -0.25) is 14.5 Å². The molecule has 0 aromatic heterocycles. The van der Waals surface area contributed by atoms with Gasteiger partial charge in [0.05, 0.1) is 6.54 Å². The van der Waals surface area contributed by atoms with Crippen LogP contribution in [-0.2, 0) is 9.59 Å². The third-order valence-electron chi connectivity index (χ3n) is 6.63. The van der Waals surface area contributed by atoms with E-state index in [1.54, 1.807) is 0 Å². The quantitative estimate of drug-likeness (QED) is 0.294. The molecule has 1 fully saturated rings. The van der Waals surface area contributed by atoms with E-state index < -0.39 is 0 Å². The Morgan fingerprint density at radius 3 is 2.19 bits per heavy atom. The summed E-state index contributed by atoms with van der Waals surface area (Å²) in [5, 5.41) is 9.42. The number of anilines is 3. The Balaban J connectivity index is 1.53. The molecule has 3 N–H and O–H groups in total. The van der Waals surface area contributed by atoms with Gasteiger partial charge in [0.2, 0.25) is 12.3 Å². The topological polar surface area (TPSA) is 76.7 Å². The van der Waals surface area contributed by atoms with Gasteiger partial charge in [-0.25, -0.2) is 0 Å². The lowest BCUT2D eigenvalue weighted by molar-refractivity contribution is -0.117. The summed E-state index contributed by atoms with van der Waals surface area (Å²) in [6, 6.07) is 23.9. The normalized spacial score (nSPS) is 15.0. The van der Waals surface area contributed by atoms with Crippen LogP contribution in [0.15, 0.2) is 72.8 Å². The standard InChI is InChI=1S/C30H35N5O2/c1-22-9-14-27(28(19-22)31-21-36)23(2)30(24-7-5-4-6-8-24)33-26-12-10-25(11-13-26)32-29(37)20-35-17-15-34(3)16-18-35/h4-14,19,21,33H,15-18,20H2,1-3H3,(H,31,36)(H,32,37)/b30-23+. The number of piperazine rings is 1. The first kappa shape index (κ1) is 26.1. The average Bonchev–Trinajstić information content (AvgIpc) is 2.90. The molecule has 2 amide bonds. The number of allylic oxidation sites excluding steroid dienone is 1. The Morgan fingerprint density at radius 1 is 0.892 bits per heavy atom. The monoisotopic (exact) mass is 497 g/mol. The molecule has 7 nitrogen and oxygen atoms in total. The zero-order valence-corrected chi connectivity index (χ0v) is 21.8. The van der Waals surface area contributed by atoms with Crippen LogP contribution in [0.4, 0.5) is 17.1 Å². The molecule has 7 heteroatoms. The number of nitrogens with zero attached hydrogens (tertiary/aromatic N) is 2. The van der Waals surface area contributed by atoms with E-state index >= 15 is 0 Å². The molecule has 0 saturated carbocycles. The number of nitrogens with one attached hydrogen (secondary N) is 3. The Labute approximate surface area is 219 Å². The van der Waals surface area contributed by atoms with E-state index in [9.17, 15) is 9.59 Å². The maximum absolute atomic E-state index is 12.5.